The normalized spacial score (nSPS) is 28.0. The zero-order valence-electron chi connectivity index (χ0n) is 18.9. The summed E-state index contributed by atoms with van der Waals surface area (Å²) >= 11 is 0. The highest BCUT2D eigenvalue weighted by Crippen LogP contribution is 2.36. The first-order valence-corrected chi connectivity index (χ1v) is 11.0. The van der Waals surface area contributed by atoms with E-state index in [-0.39, 0.29) is 47.2 Å². The van der Waals surface area contributed by atoms with Crippen molar-refractivity contribution in [2.45, 2.75) is 76.4 Å². The number of aliphatic imine (C=N–C) groups is 1. The van der Waals surface area contributed by atoms with Gasteiger partial charge in [0.2, 0.25) is 5.91 Å². The number of amides is 1. The highest BCUT2D eigenvalue weighted by atomic mass is 19.3. The molecule has 0 aromatic carbocycles. The van der Waals surface area contributed by atoms with Gasteiger partial charge in [-0.1, -0.05) is 0 Å². The summed E-state index contributed by atoms with van der Waals surface area (Å²) in [5.74, 6) is -0.409. The highest BCUT2D eigenvalue weighted by Gasteiger charge is 2.44. The summed E-state index contributed by atoms with van der Waals surface area (Å²) in [6.07, 6.45) is -0.504. The van der Waals surface area contributed by atoms with Crippen molar-refractivity contribution in [1.29, 1.82) is 5.26 Å². The standard InChI is InChI=1S/C22H29F3N4O4/c1-12(27-13(2)30)10-31-15-4-6-16(7-5-15)33-22-28-20-14(9-26)8-17(32-11-18(23)24)19(25)21(20)29(22)3/h8,12,15-16,18-19,21H,4-7,10-11H2,1-3H3,(H,27,30)/t12-,15?,16?,19?,21?/m0/s1. The number of nitrogens with zero attached hydrogens (tertiary/aromatic N) is 3. The van der Waals surface area contributed by atoms with E-state index in [0.717, 1.165) is 18.9 Å². The summed E-state index contributed by atoms with van der Waals surface area (Å²) in [5.41, 5.74) is 0.268. The molecule has 1 saturated carbocycles. The molecular weight excluding hydrogens is 441 g/mol. The van der Waals surface area contributed by atoms with Crippen molar-refractivity contribution in [3.05, 3.63) is 23.1 Å². The second-order valence-electron chi connectivity index (χ2n) is 8.46. The first-order valence-electron chi connectivity index (χ1n) is 11.0. The maximum absolute atomic E-state index is 15.1. The van der Waals surface area contributed by atoms with Gasteiger partial charge in [-0.3, -0.25) is 4.79 Å². The van der Waals surface area contributed by atoms with Gasteiger partial charge in [-0.2, -0.15) is 10.3 Å². The number of likely N-dealkylation sites (N-methyl/N-ethyl adjacent to an activating group) is 1. The second kappa shape index (κ2) is 10.9. The average molecular weight is 470 g/mol. The van der Waals surface area contributed by atoms with Gasteiger partial charge in [0, 0.05) is 20.0 Å². The molecule has 2 unspecified atom stereocenters. The molecule has 0 saturated heterocycles. The van der Waals surface area contributed by atoms with Crippen LogP contribution < -0.4 is 5.32 Å². The minimum absolute atomic E-state index is 0.0637. The second-order valence-corrected chi connectivity index (χ2v) is 8.46. The zero-order valence-corrected chi connectivity index (χ0v) is 18.9. The monoisotopic (exact) mass is 470 g/mol. The average Bonchev–Trinajstić information content (AvgIpc) is 3.08. The summed E-state index contributed by atoms with van der Waals surface area (Å²) < 4.78 is 56.9. The van der Waals surface area contributed by atoms with Crippen LogP contribution in [0.4, 0.5) is 13.2 Å². The third-order valence-corrected chi connectivity index (χ3v) is 5.75. The van der Waals surface area contributed by atoms with Crippen LogP contribution in [-0.4, -0.2) is 74.0 Å². The maximum Gasteiger partial charge on any atom is 0.293 e. The number of hydrogen-bond acceptors (Lipinski definition) is 7. The van der Waals surface area contributed by atoms with E-state index < -0.39 is 25.2 Å². The molecule has 0 aromatic rings. The van der Waals surface area contributed by atoms with Gasteiger partial charge in [0.15, 0.2) is 6.17 Å². The first-order chi connectivity index (χ1) is 15.7. The van der Waals surface area contributed by atoms with Crippen molar-refractivity contribution in [2.24, 2.45) is 4.99 Å². The van der Waals surface area contributed by atoms with Gasteiger partial charge in [0.05, 0.1) is 24.0 Å². The van der Waals surface area contributed by atoms with Crippen LogP contribution in [0, 0.1) is 11.3 Å². The van der Waals surface area contributed by atoms with Gasteiger partial charge in [-0.05, 0) is 38.7 Å². The highest BCUT2D eigenvalue weighted by molar-refractivity contribution is 5.80. The number of fused-ring (bicyclic) bond motifs is 1. The number of carbonyl (C=O) groups excluding carboxylic acids is 1. The lowest BCUT2D eigenvalue weighted by atomic mass is 9.95. The minimum Gasteiger partial charge on any atom is -0.489 e. The number of rotatable bonds is 8. The molecule has 8 nitrogen and oxygen atoms in total. The predicted molar refractivity (Wildman–Crippen MR) is 113 cm³/mol. The number of carbonyl (C=O) groups is 1. The molecule has 3 aliphatic rings. The summed E-state index contributed by atoms with van der Waals surface area (Å²) in [6.45, 7) is 2.82. The molecule has 1 fully saturated rings. The Morgan fingerprint density at radius 1 is 1.30 bits per heavy atom. The predicted octanol–water partition coefficient (Wildman–Crippen LogP) is 2.82. The Balaban J connectivity index is 1.57. The largest absolute Gasteiger partial charge is 0.489 e. The van der Waals surface area contributed by atoms with Crippen LogP contribution in [0.15, 0.2) is 28.1 Å². The number of alkyl halides is 3. The number of nitrogens with one attached hydrogen (secondary N) is 1. The lowest BCUT2D eigenvalue weighted by Crippen LogP contribution is -2.44. The van der Waals surface area contributed by atoms with Crippen LogP contribution in [0.3, 0.4) is 0 Å². The Kier molecular flexibility index (Phi) is 8.24. The zero-order chi connectivity index (χ0) is 24.1. The van der Waals surface area contributed by atoms with Crippen LogP contribution in [0.5, 0.6) is 0 Å². The number of ether oxygens (including phenoxy) is 3. The van der Waals surface area contributed by atoms with Crippen molar-refractivity contribution in [3.8, 4) is 6.07 Å². The summed E-state index contributed by atoms with van der Waals surface area (Å²) in [7, 11) is 1.59. The van der Waals surface area contributed by atoms with Gasteiger partial charge in [-0.15, -0.1) is 0 Å². The van der Waals surface area contributed by atoms with E-state index in [1.807, 2.05) is 13.0 Å². The van der Waals surface area contributed by atoms with Crippen LogP contribution >= 0.6 is 0 Å². The lowest BCUT2D eigenvalue weighted by molar-refractivity contribution is -0.120. The summed E-state index contributed by atoms with van der Waals surface area (Å²) in [4.78, 5) is 16.9. The quantitative estimate of drug-likeness (QED) is 0.586. The third kappa shape index (κ3) is 6.19. The molecule has 0 spiro atoms. The molecule has 1 aliphatic heterocycles. The number of allylic oxidation sites excluding steroid dienone is 2. The van der Waals surface area contributed by atoms with Crippen LogP contribution in [0.25, 0.3) is 0 Å². The number of halogens is 3. The van der Waals surface area contributed by atoms with E-state index in [2.05, 4.69) is 10.3 Å². The fraction of sp³-hybridized carbons (Fsp3) is 0.682. The molecule has 3 rings (SSSR count). The summed E-state index contributed by atoms with van der Waals surface area (Å²) in [6, 6.07) is 1.09. The van der Waals surface area contributed by atoms with Gasteiger partial charge < -0.3 is 24.4 Å². The van der Waals surface area contributed by atoms with Gasteiger partial charge in [0.1, 0.15) is 30.6 Å². The van der Waals surface area contributed by atoms with Crippen molar-refractivity contribution < 1.29 is 32.2 Å². The van der Waals surface area contributed by atoms with Gasteiger partial charge in [-0.25, -0.2) is 13.2 Å². The van der Waals surface area contributed by atoms with Gasteiger partial charge in [0.25, 0.3) is 12.4 Å². The van der Waals surface area contributed by atoms with E-state index in [0.29, 0.717) is 19.4 Å². The maximum atomic E-state index is 15.1. The molecule has 182 valence electrons. The molecule has 1 N–H and O–H groups in total. The Labute approximate surface area is 191 Å². The first kappa shape index (κ1) is 24.9. The van der Waals surface area contributed by atoms with E-state index in [4.69, 9.17) is 14.2 Å². The Morgan fingerprint density at radius 3 is 2.58 bits per heavy atom. The minimum atomic E-state index is -2.75. The van der Waals surface area contributed by atoms with Crippen molar-refractivity contribution in [3.63, 3.8) is 0 Å². The Bertz CT molecular complexity index is 862. The smallest absolute Gasteiger partial charge is 0.293 e. The topological polar surface area (TPSA) is 96.2 Å². The Hall–Kier alpha value is -2.74. The van der Waals surface area contributed by atoms with Crippen LogP contribution in [0.2, 0.25) is 0 Å². The van der Waals surface area contributed by atoms with E-state index in [9.17, 15) is 18.8 Å². The third-order valence-electron chi connectivity index (χ3n) is 5.75. The molecule has 33 heavy (non-hydrogen) atoms. The SMILES string of the molecule is CC(=O)N[C@@H](C)COC1CCC(OC2=NC3=C(C#N)C=C(OCC(F)F)C(F)C3N2C)CC1. The number of amidine groups is 1. The lowest BCUT2D eigenvalue weighted by Gasteiger charge is -2.33. The number of hydrogen-bond donors (Lipinski definition) is 1. The molecule has 1 heterocycles. The van der Waals surface area contributed by atoms with Crippen LogP contribution in [-0.2, 0) is 19.0 Å². The van der Waals surface area contributed by atoms with Crippen molar-refractivity contribution >= 4 is 11.9 Å². The number of nitriles is 1. The van der Waals surface area contributed by atoms with Crippen molar-refractivity contribution in [1.82, 2.24) is 10.2 Å². The van der Waals surface area contributed by atoms with E-state index >= 15 is 4.39 Å². The summed E-state index contributed by atoms with van der Waals surface area (Å²) in [5, 5.41) is 12.2. The molecule has 0 radical (unpaired) electrons. The molecule has 3 atom stereocenters. The molecule has 2 aliphatic carbocycles. The van der Waals surface area contributed by atoms with E-state index in [1.165, 1.54) is 11.8 Å². The molecule has 0 bridgehead atoms. The van der Waals surface area contributed by atoms with E-state index in [1.54, 1.807) is 7.05 Å². The van der Waals surface area contributed by atoms with Gasteiger partial charge >= 0.3 is 0 Å². The molecule has 1 amide bonds. The fourth-order valence-corrected chi connectivity index (χ4v) is 4.17. The Morgan fingerprint density at radius 2 is 1.97 bits per heavy atom. The molecule has 0 aromatic heterocycles. The van der Waals surface area contributed by atoms with Crippen LogP contribution in [0.1, 0.15) is 39.5 Å². The van der Waals surface area contributed by atoms with Crippen molar-refractivity contribution in [2.75, 3.05) is 20.3 Å². The fourth-order valence-electron chi connectivity index (χ4n) is 4.17. The molecule has 11 heteroatoms. The molecular formula is C22H29F3N4O4.